The zero-order valence-electron chi connectivity index (χ0n) is 21.1. The monoisotopic (exact) mass is 597 g/mol. The van der Waals surface area contributed by atoms with Crippen molar-refractivity contribution >= 4 is 27.8 Å². The van der Waals surface area contributed by atoms with Crippen LogP contribution >= 0.6 is 15.9 Å². The lowest BCUT2D eigenvalue weighted by molar-refractivity contribution is -0.148. The van der Waals surface area contributed by atoms with Gasteiger partial charge >= 0.3 is 5.97 Å². The van der Waals surface area contributed by atoms with Crippen molar-refractivity contribution in [1.82, 2.24) is 25.1 Å². The first-order valence-corrected chi connectivity index (χ1v) is 13.8. The first-order valence-electron chi connectivity index (χ1n) is 13.0. The van der Waals surface area contributed by atoms with Gasteiger partial charge in [0.05, 0.1) is 18.6 Å². The standard InChI is InChI=1S/C30H24BrN5O4/c31-21-13-11-20(12-14-21)26(35-17-30-16-15-22(40-30)23(29(38)39)24(30)28(35)37)27-32-33-34-36(27)25(18-7-3-1-4-8-18)19-9-5-2-6-10-19/h1-16,22-26H,17H2,(H,38,39)/t22-,23-,24+,26-,30+/m1/s1. The molecular weight excluding hydrogens is 574 g/mol. The van der Waals surface area contributed by atoms with Gasteiger partial charge in [0.15, 0.2) is 5.82 Å². The maximum atomic E-state index is 14.1. The number of benzene rings is 3. The third-order valence-electron chi connectivity index (χ3n) is 8.15. The summed E-state index contributed by atoms with van der Waals surface area (Å²) >= 11 is 3.51. The molecule has 4 aromatic rings. The second kappa shape index (κ2) is 9.50. The highest BCUT2D eigenvalue weighted by atomic mass is 79.9. The van der Waals surface area contributed by atoms with Crippen molar-refractivity contribution < 1.29 is 19.4 Å². The highest BCUT2D eigenvalue weighted by molar-refractivity contribution is 9.10. The SMILES string of the molecule is O=C(O)[C@H]1[C@H]2C(=O)N([C@H](c3ccc(Br)cc3)c3nnnn3C(c3ccccc3)c3ccccc3)C[C@@]23C=C[C@H]1O3. The van der Waals surface area contributed by atoms with Crippen molar-refractivity contribution in [1.29, 1.82) is 0 Å². The van der Waals surface area contributed by atoms with Crippen molar-refractivity contribution in [2.45, 2.75) is 23.8 Å². The Kier molecular flexibility index (Phi) is 5.90. The molecule has 3 aliphatic heterocycles. The summed E-state index contributed by atoms with van der Waals surface area (Å²) in [5.74, 6) is -2.60. The average molecular weight is 598 g/mol. The molecular formula is C30H24BrN5O4. The zero-order valence-corrected chi connectivity index (χ0v) is 22.7. The molecule has 0 unspecified atom stereocenters. The van der Waals surface area contributed by atoms with Gasteiger partial charge in [0, 0.05) is 4.47 Å². The highest BCUT2D eigenvalue weighted by Gasteiger charge is 2.68. The van der Waals surface area contributed by atoms with Gasteiger partial charge in [-0.1, -0.05) is 101 Å². The van der Waals surface area contributed by atoms with Crippen LogP contribution in [0.4, 0.5) is 0 Å². The van der Waals surface area contributed by atoms with Crippen molar-refractivity contribution in [3.05, 3.63) is 124 Å². The largest absolute Gasteiger partial charge is 0.481 e. The van der Waals surface area contributed by atoms with E-state index in [9.17, 15) is 14.7 Å². The number of amides is 1. The number of tetrazole rings is 1. The lowest BCUT2D eigenvalue weighted by atomic mass is 9.77. The normalized spacial score (nSPS) is 25.5. The quantitative estimate of drug-likeness (QED) is 0.320. The number of aliphatic carboxylic acids is 1. The summed E-state index contributed by atoms with van der Waals surface area (Å²) in [5.41, 5.74) is 1.77. The molecule has 1 amide bonds. The Bertz CT molecular complexity index is 1570. The number of likely N-dealkylation sites (tertiary alicyclic amines) is 1. The van der Waals surface area contributed by atoms with Crippen LogP contribution < -0.4 is 0 Å². The molecule has 3 aromatic carbocycles. The van der Waals surface area contributed by atoms with Gasteiger partial charge in [-0.3, -0.25) is 9.59 Å². The van der Waals surface area contributed by atoms with Gasteiger partial charge in [-0.25, -0.2) is 4.68 Å². The molecule has 0 radical (unpaired) electrons. The smallest absolute Gasteiger partial charge is 0.310 e. The van der Waals surface area contributed by atoms with Crippen LogP contribution in [0.5, 0.6) is 0 Å². The lowest BCUT2D eigenvalue weighted by Crippen LogP contribution is -2.40. The van der Waals surface area contributed by atoms with Gasteiger partial charge in [-0.2, -0.15) is 0 Å². The summed E-state index contributed by atoms with van der Waals surface area (Å²) in [6.45, 7) is 0.197. The number of hydrogen-bond acceptors (Lipinski definition) is 6. The van der Waals surface area contributed by atoms with Gasteiger partial charge in [0.1, 0.15) is 23.6 Å². The minimum absolute atomic E-state index is 0.197. The van der Waals surface area contributed by atoms with Gasteiger partial charge < -0.3 is 14.7 Å². The molecule has 9 nitrogen and oxygen atoms in total. The Morgan fingerprint density at radius 1 is 0.950 bits per heavy atom. The van der Waals surface area contributed by atoms with E-state index in [1.807, 2.05) is 91.0 Å². The number of hydrogen-bond donors (Lipinski definition) is 1. The average Bonchev–Trinajstić information content (AvgIpc) is 3.74. The number of rotatable bonds is 7. The maximum Gasteiger partial charge on any atom is 0.310 e. The number of carbonyl (C=O) groups excluding carboxylic acids is 1. The molecule has 5 atom stereocenters. The molecule has 2 saturated heterocycles. The van der Waals surface area contributed by atoms with Crippen LogP contribution in [0.1, 0.15) is 34.6 Å². The molecule has 1 aromatic heterocycles. The number of carbonyl (C=O) groups is 2. The summed E-state index contributed by atoms with van der Waals surface area (Å²) in [7, 11) is 0. The Morgan fingerprint density at radius 3 is 2.20 bits per heavy atom. The van der Waals surface area contributed by atoms with E-state index in [0.29, 0.717) is 5.82 Å². The molecule has 200 valence electrons. The fourth-order valence-corrected chi connectivity index (χ4v) is 6.72. The van der Waals surface area contributed by atoms with E-state index >= 15 is 0 Å². The third-order valence-corrected chi connectivity index (χ3v) is 8.68. The van der Waals surface area contributed by atoms with E-state index < -0.39 is 35.6 Å². The predicted octanol–water partition coefficient (Wildman–Crippen LogP) is 4.03. The number of ether oxygens (including phenoxy) is 1. The van der Waals surface area contributed by atoms with Crippen LogP contribution in [-0.2, 0) is 14.3 Å². The van der Waals surface area contributed by atoms with Gasteiger partial charge in [-0.05, 0) is 39.2 Å². The molecule has 1 N–H and O–H groups in total. The van der Waals surface area contributed by atoms with Crippen molar-refractivity contribution in [2.24, 2.45) is 11.8 Å². The van der Waals surface area contributed by atoms with Crippen molar-refractivity contribution in [3.8, 4) is 0 Å². The van der Waals surface area contributed by atoms with E-state index in [2.05, 4.69) is 31.5 Å². The molecule has 0 aliphatic carbocycles. The molecule has 0 saturated carbocycles. The summed E-state index contributed by atoms with van der Waals surface area (Å²) in [6.07, 6.45) is 3.02. The minimum atomic E-state index is -1.03. The number of nitrogens with zero attached hydrogens (tertiary/aromatic N) is 5. The number of aromatic nitrogens is 4. The van der Waals surface area contributed by atoms with Gasteiger partial charge in [0.25, 0.3) is 0 Å². The second-order valence-electron chi connectivity index (χ2n) is 10.4. The zero-order chi connectivity index (χ0) is 27.4. The second-order valence-corrected chi connectivity index (χ2v) is 11.3. The van der Waals surface area contributed by atoms with E-state index in [-0.39, 0.29) is 18.5 Å². The third kappa shape index (κ3) is 3.82. The predicted molar refractivity (Wildman–Crippen MR) is 147 cm³/mol. The van der Waals surface area contributed by atoms with Crippen LogP contribution in [0.15, 0.2) is 102 Å². The van der Waals surface area contributed by atoms with E-state index in [1.54, 1.807) is 15.7 Å². The number of halogens is 1. The number of carboxylic acids is 1. The number of fused-ring (bicyclic) bond motifs is 1. The lowest BCUT2D eigenvalue weighted by Gasteiger charge is -2.31. The topological polar surface area (TPSA) is 110 Å². The fraction of sp³-hybridized carbons (Fsp3) is 0.233. The highest BCUT2D eigenvalue weighted by Crippen LogP contribution is 2.54. The van der Waals surface area contributed by atoms with Crippen molar-refractivity contribution in [2.75, 3.05) is 6.54 Å². The van der Waals surface area contributed by atoms with Gasteiger partial charge in [0.2, 0.25) is 5.91 Å². The van der Waals surface area contributed by atoms with E-state index in [1.165, 1.54) is 0 Å². The van der Waals surface area contributed by atoms with Crippen LogP contribution in [0.2, 0.25) is 0 Å². The molecule has 10 heteroatoms. The first-order chi connectivity index (χ1) is 19.5. The Balaban J connectivity index is 1.38. The molecule has 4 heterocycles. The first kappa shape index (κ1) is 24.9. The Labute approximate surface area is 238 Å². The summed E-state index contributed by atoms with van der Waals surface area (Å²) in [6, 6.07) is 26.5. The summed E-state index contributed by atoms with van der Waals surface area (Å²) in [4.78, 5) is 28.1. The molecule has 7 rings (SSSR count). The summed E-state index contributed by atoms with van der Waals surface area (Å²) in [5, 5.41) is 23.0. The van der Waals surface area contributed by atoms with E-state index in [0.717, 1.165) is 21.2 Å². The summed E-state index contributed by atoms with van der Waals surface area (Å²) < 4.78 is 8.83. The number of carboxylic acid groups (broad SMARTS) is 1. The molecule has 2 bridgehead atoms. The minimum Gasteiger partial charge on any atom is -0.481 e. The van der Waals surface area contributed by atoms with Crippen molar-refractivity contribution in [3.63, 3.8) is 0 Å². The maximum absolute atomic E-state index is 14.1. The molecule has 40 heavy (non-hydrogen) atoms. The van der Waals surface area contributed by atoms with Crippen LogP contribution in [0.25, 0.3) is 0 Å². The van der Waals surface area contributed by atoms with E-state index in [4.69, 9.17) is 4.74 Å². The Hall–Kier alpha value is -4.15. The Morgan fingerprint density at radius 2 is 1.57 bits per heavy atom. The fourth-order valence-electron chi connectivity index (χ4n) is 6.45. The van der Waals surface area contributed by atoms with Crippen LogP contribution in [-0.4, -0.2) is 60.3 Å². The van der Waals surface area contributed by atoms with Crippen LogP contribution in [0.3, 0.4) is 0 Å². The molecule has 2 fully saturated rings. The molecule has 3 aliphatic rings. The molecule has 1 spiro atoms. The van der Waals surface area contributed by atoms with Crippen LogP contribution in [0, 0.1) is 11.8 Å². The van der Waals surface area contributed by atoms with Gasteiger partial charge in [-0.15, -0.1) is 5.10 Å².